The third kappa shape index (κ3) is 6.34. The van der Waals surface area contributed by atoms with E-state index in [-0.39, 0.29) is 17.9 Å². The molecule has 0 radical (unpaired) electrons. The number of nitrogens with zero attached hydrogens (tertiary/aromatic N) is 1. The first-order valence-corrected chi connectivity index (χ1v) is 7.43. The van der Waals surface area contributed by atoms with Crippen LogP contribution in [0.3, 0.4) is 0 Å². The summed E-state index contributed by atoms with van der Waals surface area (Å²) in [7, 11) is 1.64. The van der Waals surface area contributed by atoms with Crippen LogP contribution in [0.25, 0.3) is 0 Å². The van der Waals surface area contributed by atoms with Crippen LogP contribution in [-0.2, 0) is 14.3 Å². The van der Waals surface area contributed by atoms with Crippen molar-refractivity contribution in [2.24, 2.45) is 0 Å². The molecule has 1 aliphatic heterocycles. The summed E-state index contributed by atoms with van der Waals surface area (Å²) in [6.45, 7) is 5.38. The molecule has 0 aliphatic carbocycles. The van der Waals surface area contributed by atoms with Crippen LogP contribution in [0.5, 0.6) is 0 Å². The number of likely N-dealkylation sites (tertiary alicyclic amines) is 1. The smallest absolute Gasteiger partial charge is 0.236 e. The Morgan fingerprint density at radius 2 is 1.95 bits per heavy atom. The molecule has 1 fully saturated rings. The molecule has 1 unspecified atom stereocenters. The van der Waals surface area contributed by atoms with E-state index in [4.69, 9.17) is 4.74 Å². The standard InChI is InChI=1S/C14H27N3O3/c1-12(14(19)16-7-5-11-20-2)15-8-6-13(18)17-9-3-4-10-17/h12,15H,3-11H2,1-2H3,(H,16,19). The van der Waals surface area contributed by atoms with E-state index in [1.165, 1.54) is 0 Å². The Hall–Kier alpha value is -1.14. The molecule has 1 rings (SSSR count). The molecule has 0 aromatic heterocycles. The zero-order chi connectivity index (χ0) is 14.8. The minimum Gasteiger partial charge on any atom is -0.385 e. The van der Waals surface area contributed by atoms with Crippen molar-refractivity contribution in [2.75, 3.05) is 39.9 Å². The lowest BCUT2D eigenvalue weighted by Crippen LogP contribution is -2.43. The van der Waals surface area contributed by atoms with Gasteiger partial charge < -0.3 is 20.3 Å². The molecular weight excluding hydrogens is 258 g/mol. The van der Waals surface area contributed by atoms with Gasteiger partial charge >= 0.3 is 0 Å². The Morgan fingerprint density at radius 3 is 2.60 bits per heavy atom. The Labute approximate surface area is 121 Å². The average molecular weight is 285 g/mol. The number of amides is 2. The van der Waals surface area contributed by atoms with Gasteiger partial charge in [0.1, 0.15) is 0 Å². The summed E-state index contributed by atoms with van der Waals surface area (Å²) in [6.07, 6.45) is 3.49. The maximum absolute atomic E-state index is 11.8. The van der Waals surface area contributed by atoms with Crippen molar-refractivity contribution in [1.29, 1.82) is 0 Å². The number of carbonyl (C=O) groups excluding carboxylic acids is 2. The third-order valence-corrected chi connectivity index (χ3v) is 3.47. The number of hydrogen-bond acceptors (Lipinski definition) is 4. The van der Waals surface area contributed by atoms with Gasteiger partial charge in [0.2, 0.25) is 11.8 Å². The average Bonchev–Trinajstić information content (AvgIpc) is 2.97. The maximum atomic E-state index is 11.8. The van der Waals surface area contributed by atoms with Gasteiger partial charge in [-0.05, 0) is 26.2 Å². The van der Waals surface area contributed by atoms with Crippen LogP contribution in [0, 0.1) is 0 Å². The van der Waals surface area contributed by atoms with Gasteiger partial charge in [0.25, 0.3) is 0 Å². The molecule has 20 heavy (non-hydrogen) atoms. The fraction of sp³-hybridized carbons (Fsp3) is 0.857. The van der Waals surface area contributed by atoms with E-state index in [2.05, 4.69) is 10.6 Å². The fourth-order valence-electron chi connectivity index (χ4n) is 2.19. The number of ether oxygens (including phenoxy) is 1. The lowest BCUT2D eigenvalue weighted by atomic mass is 10.2. The van der Waals surface area contributed by atoms with Crippen molar-refractivity contribution < 1.29 is 14.3 Å². The number of nitrogens with one attached hydrogen (secondary N) is 2. The number of methoxy groups -OCH3 is 1. The largest absolute Gasteiger partial charge is 0.385 e. The molecule has 0 aromatic rings. The summed E-state index contributed by atoms with van der Waals surface area (Å²) >= 11 is 0. The molecule has 6 heteroatoms. The van der Waals surface area contributed by atoms with E-state index in [1.54, 1.807) is 7.11 Å². The van der Waals surface area contributed by atoms with Crippen molar-refractivity contribution in [3.05, 3.63) is 0 Å². The summed E-state index contributed by atoms with van der Waals surface area (Å²) in [5, 5.41) is 5.92. The molecule has 0 saturated carbocycles. The third-order valence-electron chi connectivity index (χ3n) is 3.47. The number of carbonyl (C=O) groups is 2. The first kappa shape index (κ1) is 16.9. The molecular formula is C14H27N3O3. The molecule has 1 aliphatic rings. The first-order valence-electron chi connectivity index (χ1n) is 7.43. The van der Waals surface area contributed by atoms with Crippen LogP contribution >= 0.6 is 0 Å². The summed E-state index contributed by atoms with van der Waals surface area (Å²) in [5.74, 6) is 0.150. The van der Waals surface area contributed by atoms with Crippen LogP contribution < -0.4 is 10.6 Å². The molecule has 1 heterocycles. The van der Waals surface area contributed by atoms with Crippen LogP contribution in [0.1, 0.15) is 32.6 Å². The van der Waals surface area contributed by atoms with Gasteiger partial charge in [-0.15, -0.1) is 0 Å². The summed E-state index contributed by atoms with van der Waals surface area (Å²) < 4.78 is 4.92. The summed E-state index contributed by atoms with van der Waals surface area (Å²) in [4.78, 5) is 25.4. The highest BCUT2D eigenvalue weighted by Crippen LogP contribution is 2.08. The molecule has 116 valence electrons. The van der Waals surface area contributed by atoms with E-state index >= 15 is 0 Å². The van der Waals surface area contributed by atoms with Crippen LogP contribution in [-0.4, -0.2) is 62.7 Å². The van der Waals surface area contributed by atoms with Crippen LogP contribution in [0.2, 0.25) is 0 Å². The molecule has 0 spiro atoms. The fourth-order valence-corrected chi connectivity index (χ4v) is 2.19. The quantitative estimate of drug-likeness (QED) is 0.591. The van der Waals surface area contributed by atoms with Crippen molar-refractivity contribution in [2.45, 2.75) is 38.6 Å². The Bertz CT molecular complexity index is 304. The highest BCUT2D eigenvalue weighted by molar-refractivity contribution is 5.81. The van der Waals surface area contributed by atoms with E-state index < -0.39 is 0 Å². The number of hydrogen-bond donors (Lipinski definition) is 2. The summed E-state index contributed by atoms with van der Waals surface area (Å²) in [6, 6.07) is -0.274. The molecule has 0 bridgehead atoms. The van der Waals surface area contributed by atoms with Gasteiger partial charge in [0.15, 0.2) is 0 Å². The highest BCUT2D eigenvalue weighted by Gasteiger charge is 2.18. The van der Waals surface area contributed by atoms with Gasteiger partial charge in [-0.3, -0.25) is 9.59 Å². The second-order valence-corrected chi connectivity index (χ2v) is 5.15. The van der Waals surface area contributed by atoms with Gasteiger partial charge in [0.05, 0.1) is 6.04 Å². The van der Waals surface area contributed by atoms with Crippen molar-refractivity contribution in [3.8, 4) is 0 Å². The SMILES string of the molecule is COCCCNC(=O)C(C)NCCC(=O)N1CCCC1. The molecule has 2 amide bonds. The Morgan fingerprint density at radius 1 is 1.25 bits per heavy atom. The van der Waals surface area contributed by atoms with Gasteiger partial charge in [-0.25, -0.2) is 0 Å². The van der Waals surface area contributed by atoms with Crippen molar-refractivity contribution in [1.82, 2.24) is 15.5 Å². The maximum Gasteiger partial charge on any atom is 0.236 e. The first-order chi connectivity index (χ1) is 9.65. The molecule has 6 nitrogen and oxygen atoms in total. The van der Waals surface area contributed by atoms with E-state index in [1.807, 2.05) is 11.8 Å². The second-order valence-electron chi connectivity index (χ2n) is 5.15. The Kier molecular flexibility index (Phi) is 8.22. The van der Waals surface area contributed by atoms with E-state index in [0.717, 1.165) is 32.4 Å². The molecule has 2 N–H and O–H groups in total. The normalized spacial score (nSPS) is 16.2. The van der Waals surface area contributed by atoms with E-state index in [9.17, 15) is 9.59 Å². The minimum absolute atomic E-state index is 0.0327. The van der Waals surface area contributed by atoms with Crippen molar-refractivity contribution in [3.63, 3.8) is 0 Å². The lowest BCUT2D eigenvalue weighted by molar-refractivity contribution is -0.130. The zero-order valence-corrected chi connectivity index (χ0v) is 12.6. The number of rotatable bonds is 9. The zero-order valence-electron chi connectivity index (χ0n) is 12.6. The molecule has 1 atom stereocenters. The Balaban J connectivity index is 2.07. The monoisotopic (exact) mass is 285 g/mol. The van der Waals surface area contributed by atoms with Crippen molar-refractivity contribution >= 4 is 11.8 Å². The van der Waals surface area contributed by atoms with Crippen LogP contribution in [0.15, 0.2) is 0 Å². The second kappa shape index (κ2) is 9.72. The predicted octanol–water partition coefficient (Wildman–Crippen LogP) is 0.130. The lowest BCUT2D eigenvalue weighted by Gasteiger charge is -2.17. The minimum atomic E-state index is -0.274. The summed E-state index contributed by atoms with van der Waals surface area (Å²) in [5.41, 5.74) is 0. The highest BCUT2D eigenvalue weighted by atomic mass is 16.5. The van der Waals surface area contributed by atoms with Gasteiger partial charge in [0, 0.05) is 46.3 Å². The topological polar surface area (TPSA) is 70.7 Å². The van der Waals surface area contributed by atoms with Gasteiger partial charge in [-0.1, -0.05) is 0 Å². The van der Waals surface area contributed by atoms with E-state index in [0.29, 0.717) is 26.1 Å². The molecule has 0 aromatic carbocycles. The van der Waals surface area contributed by atoms with Gasteiger partial charge in [-0.2, -0.15) is 0 Å². The molecule has 1 saturated heterocycles. The predicted molar refractivity (Wildman–Crippen MR) is 77.4 cm³/mol. The van der Waals surface area contributed by atoms with Crippen LogP contribution in [0.4, 0.5) is 0 Å².